The van der Waals surface area contributed by atoms with E-state index in [-0.39, 0.29) is 24.3 Å². The number of aliphatic imine (C=N–C) groups is 1. The van der Waals surface area contributed by atoms with Crippen LogP contribution < -0.4 is 16.8 Å². The van der Waals surface area contributed by atoms with Crippen LogP contribution in [0.3, 0.4) is 0 Å². The van der Waals surface area contributed by atoms with Crippen molar-refractivity contribution in [1.29, 1.82) is 5.41 Å². The van der Waals surface area contributed by atoms with Gasteiger partial charge in [-0.15, -0.1) is 12.4 Å². The van der Waals surface area contributed by atoms with Crippen molar-refractivity contribution in [2.75, 3.05) is 20.1 Å². The topological polar surface area (TPSA) is 121 Å². The van der Waals surface area contributed by atoms with Crippen LogP contribution in [0.15, 0.2) is 4.99 Å². The van der Waals surface area contributed by atoms with E-state index in [1.807, 2.05) is 7.05 Å². The number of hydrogen-bond donors (Lipinski definition) is 4. The molecule has 0 bridgehead atoms. The molecule has 1 rings (SSSR count). The van der Waals surface area contributed by atoms with Gasteiger partial charge in [0.15, 0.2) is 11.9 Å². The van der Waals surface area contributed by atoms with Crippen LogP contribution in [0.1, 0.15) is 32.6 Å². The monoisotopic (exact) mass is 292 g/mol. The molecule has 19 heavy (non-hydrogen) atoms. The summed E-state index contributed by atoms with van der Waals surface area (Å²) in [4.78, 5) is 16.2. The van der Waals surface area contributed by atoms with Crippen molar-refractivity contribution in [3.63, 3.8) is 0 Å². The number of nitrogens with two attached hydrogens (primary N) is 2. The second-order valence-corrected chi connectivity index (χ2v) is 4.08. The van der Waals surface area contributed by atoms with E-state index in [4.69, 9.17) is 16.9 Å². The highest BCUT2D eigenvalue weighted by Crippen LogP contribution is 2.04. The molecule has 0 spiro atoms. The van der Waals surface area contributed by atoms with Crippen molar-refractivity contribution in [3.05, 3.63) is 0 Å². The third kappa shape index (κ3) is 11.3. The Morgan fingerprint density at radius 2 is 2.16 bits per heavy atom. The minimum absolute atomic E-state index is 0. The zero-order valence-electron chi connectivity index (χ0n) is 11.6. The van der Waals surface area contributed by atoms with Crippen molar-refractivity contribution in [2.24, 2.45) is 16.5 Å². The highest BCUT2D eigenvalue weighted by atomic mass is 35.5. The zero-order chi connectivity index (χ0) is 14.0. The standard InChI is InChI=1S/C6H15N5.C5H9NO.ClH/c1-2-3-4-10-6(9)11-5(7)8;1-6-4-2-3-5(6)7;/h2-4H2,1H3,(H6,7,8,9,10,11);2-4H2,1H3;1H. The first-order valence-electron chi connectivity index (χ1n) is 6.12. The Hall–Kier alpha value is -1.50. The number of carbonyl (C=O) groups excluding carboxylic acids is 1. The van der Waals surface area contributed by atoms with Gasteiger partial charge in [0.2, 0.25) is 5.91 Å². The minimum Gasteiger partial charge on any atom is -0.370 e. The van der Waals surface area contributed by atoms with Crippen LogP contribution in [0.4, 0.5) is 0 Å². The number of nitrogens with zero attached hydrogens (tertiary/aromatic N) is 2. The number of carbonyl (C=O) groups is 1. The number of hydrogen-bond acceptors (Lipinski definition) is 3. The Labute approximate surface area is 120 Å². The van der Waals surface area contributed by atoms with E-state index < -0.39 is 0 Å². The maximum atomic E-state index is 10.5. The maximum absolute atomic E-state index is 10.5. The molecule has 7 nitrogen and oxygen atoms in total. The summed E-state index contributed by atoms with van der Waals surface area (Å²) >= 11 is 0. The van der Waals surface area contributed by atoms with Crippen molar-refractivity contribution in [1.82, 2.24) is 10.2 Å². The molecule has 112 valence electrons. The number of unbranched alkanes of at least 4 members (excludes halogenated alkanes) is 1. The molecule has 1 fully saturated rings. The van der Waals surface area contributed by atoms with Gasteiger partial charge in [-0.1, -0.05) is 13.3 Å². The number of guanidine groups is 2. The molecule has 0 aromatic rings. The summed E-state index contributed by atoms with van der Waals surface area (Å²) < 4.78 is 0. The van der Waals surface area contributed by atoms with Gasteiger partial charge in [-0.25, -0.2) is 0 Å². The molecule has 8 heteroatoms. The first kappa shape index (κ1) is 19.8. The molecule has 1 aliphatic heterocycles. The summed E-state index contributed by atoms with van der Waals surface area (Å²) in [6, 6.07) is 0. The van der Waals surface area contributed by atoms with E-state index in [0.29, 0.717) is 12.5 Å². The van der Waals surface area contributed by atoms with Gasteiger partial charge in [-0.05, 0) is 12.8 Å². The number of likely N-dealkylation sites (tertiary alicyclic amines) is 1. The van der Waals surface area contributed by atoms with Gasteiger partial charge in [-0.3, -0.25) is 20.5 Å². The van der Waals surface area contributed by atoms with Gasteiger partial charge in [0, 0.05) is 26.6 Å². The van der Waals surface area contributed by atoms with E-state index in [9.17, 15) is 4.79 Å². The molecule has 0 aliphatic carbocycles. The number of nitrogens with one attached hydrogen (secondary N) is 2. The van der Waals surface area contributed by atoms with Crippen LogP contribution in [0.5, 0.6) is 0 Å². The molecule has 1 amide bonds. The lowest BCUT2D eigenvalue weighted by Crippen LogP contribution is -2.40. The summed E-state index contributed by atoms with van der Waals surface area (Å²) in [6.07, 6.45) is 3.89. The zero-order valence-corrected chi connectivity index (χ0v) is 12.4. The number of rotatable bonds is 3. The Morgan fingerprint density at radius 1 is 1.53 bits per heavy atom. The molecular weight excluding hydrogens is 268 g/mol. The molecule has 0 atom stereocenters. The largest absolute Gasteiger partial charge is 0.370 e. The SMILES string of the molecule is CCCCN=C(N)NC(=N)N.CN1CCCC1=O.Cl. The van der Waals surface area contributed by atoms with Gasteiger partial charge in [0.1, 0.15) is 0 Å². The molecule has 1 saturated heterocycles. The molecule has 1 aliphatic rings. The van der Waals surface area contributed by atoms with Gasteiger partial charge in [0.05, 0.1) is 0 Å². The van der Waals surface area contributed by atoms with E-state index in [0.717, 1.165) is 32.2 Å². The first-order chi connectivity index (χ1) is 8.47. The van der Waals surface area contributed by atoms with Crippen molar-refractivity contribution in [2.45, 2.75) is 32.6 Å². The quantitative estimate of drug-likeness (QED) is 0.338. The van der Waals surface area contributed by atoms with Crippen LogP contribution in [-0.2, 0) is 4.79 Å². The number of halogens is 1. The molecular formula is C11H25ClN6O. The Kier molecular flexibility index (Phi) is 12.1. The van der Waals surface area contributed by atoms with Crippen molar-refractivity contribution < 1.29 is 4.79 Å². The van der Waals surface area contributed by atoms with E-state index in [1.165, 1.54) is 0 Å². The van der Waals surface area contributed by atoms with E-state index >= 15 is 0 Å². The Morgan fingerprint density at radius 3 is 2.47 bits per heavy atom. The Balaban J connectivity index is 0. The fraction of sp³-hybridized carbons (Fsp3) is 0.727. The van der Waals surface area contributed by atoms with Crippen LogP contribution in [0.2, 0.25) is 0 Å². The van der Waals surface area contributed by atoms with Gasteiger partial charge < -0.3 is 16.4 Å². The molecule has 0 saturated carbocycles. The summed E-state index contributed by atoms with van der Waals surface area (Å²) in [5, 5.41) is 9.20. The molecule has 0 radical (unpaired) electrons. The van der Waals surface area contributed by atoms with Crippen molar-refractivity contribution >= 4 is 30.2 Å². The number of amides is 1. The smallest absolute Gasteiger partial charge is 0.222 e. The first-order valence-corrected chi connectivity index (χ1v) is 6.12. The van der Waals surface area contributed by atoms with Gasteiger partial charge in [-0.2, -0.15) is 0 Å². The lowest BCUT2D eigenvalue weighted by Gasteiger charge is -2.03. The maximum Gasteiger partial charge on any atom is 0.222 e. The molecule has 0 unspecified atom stereocenters. The minimum atomic E-state index is -0.178. The summed E-state index contributed by atoms with van der Waals surface area (Å²) in [5.41, 5.74) is 10.3. The Bertz CT molecular complexity index is 308. The third-order valence-corrected chi connectivity index (χ3v) is 2.37. The van der Waals surface area contributed by atoms with Gasteiger partial charge >= 0.3 is 0 Å². The molecule has 0 aromatic carbocycles. The highest BCUT2D eigenvalue weighted by molar-refractivity contribution is 5.95. The van der Waals surface area contributed by atoms with Gasteiger partial charge in [0.25, 0.3) is 0 Å². The third-order valence-electron chi connectivity index (χ3n) is 2.37. The van der Waals surface area contributed by atoms with Crippen LogP contribution in [0, 0.1) is 5.41 Å². The lowest BCUT2D eigenvalue weighted by atomic mass is 10.3. The second-order valence-electron chi connectivity index (χ2n) is 4.08. The predicted molar refractivity (Wildman–Crippen MR) is 80.6 cm³/mol. The van der Waals surface area contributed by atoms with Crippen LogP contribution in [-0.4, -0.2) is 42.9 Å². The highest BCUT2D eigenvalue weighted by Gasteiger charge is 2.14. The molecule has 1 heterocycles. The average Bonchev–Trinajstić information content (AvgIpc) is 2.63. The normalized spacial score (nSPS) is 14.3. The summed E-state index contributed by atoms with van der Waals surface area (Å²) in [7, 11) is 1.84. The van der Waals surface area contributed by atoms with Crippen LogP contribution >= 0.6 is 12.4 Å². The fourth-order valence-electron chi connectivity index (χ4n) is 1.32. The van der Waals surface area contributed by atoms with E-state index in [2.05, 4.69) is 17.2 Å². The van der Waals surface area contributed by atoms with Crippen molar-refractivity contribution in [3.8, 4) is 0 Å². The summed E-state index contributed by atoms with van der Waals surface area (Å²) in [6.45, 7) is 3.71. The molecule has 6 N–H and O–H groups in total. The molecule has 0 aromatic heterocycles. The van der Waals surface area contributed by atoms with E-state index in [1.54, 1.807) is 4.90 Å². The summed E-state index contributed by atoms with van der Waals surface area (Å²) in [5.74, 6) is 0.327. The lowest BCUT2D eigenvalue weighted by molar-refractivity contribution is -0.126. The fourth-order valence-corrected chi connectivity index (χ4v) is 1.32. The van der Waals surface area contributed by atoms with Crippen LogP contribution in [0.25, 0.3) is 0 Å². The second kappa shape index (κ2) is 11.6. The average molecular weight is 293 g/mol. The predicted octanol–water partition coefficient (Wildman–Crippen LogP) is 0.245.